The van der Waals surface area contributed by atoms with E-state index in [1.165, 1.54) is 6.07 Å². The van der Waals surface area contributed by atoms with E-state index in [2.05, 4.69) is 25.9 Å². The molecule has 1 aliphatic heterocycles. The van der Waals surface area contributed by atoms with Crippen LogP contribution in [0.2, 0.25) is 10.0 Å². The molecule has 1 aliphatic rings. The molecule has 1 fully saturated rings. The molecule has 0 saturated carbocycles. The summed E-state index contributed by atoms with van der Waals surface area (Å²) in [6, 6.07) is 9.76. The fourth-order valence-corrected chi connectivity index (χ4v) is 4.77. The molecular weight excluding hydrogens is 476 g/mol. The number of benzene rings is 2. The quantitative estimate of drug-likeness (QED) is 0.509. The Morgan fingerprint density at radius 3 is 2.44 bits per heavy atom. The highest BCUT2D eigenvalue weighted by molar-refractivity contribution is 6.31. The highest BCUT2D eigenvalue weighted by Gasteiger charge is 2.29. The number of rotatable bonds is 9. The van der Waals surface area contributed by atoms with E-state index in [1.807, 2.05) is 18.2 Å². The first-order valence-corrected chi connectivity index (χ1v) is 12.5. The molecule has 2 atom stereocenters. The van der Waals surface area contributed by atoms with Gasteiger partial charge < -0.3 is 20.3 Å². The van der Waals surface area contributed by atoms with Crippen molar-refractivity contribution in [3.05, 3.63) is 63.4 Å². The van der Waals surface area contributed by atoms with Crippen molar-refractivity contribution in [2.75, 3.05) is 33.8 Å². The molecule has 3 rings (SSSR count). The van der Waals surface area contributed by atoms with Crippen LogP contribution in [0, 0.1) is 5.82 Å². The molecule has 186 valence electrons. The number of ether oxygens (including phenoxy) is 1. The second kappa shape index (κ2) is 12.2. The Bertz CT molecular complexity index is 981. The average Bonchev–Trinajstić information content (AvgIpc) is 2.81. The van der Waals surface area contributed by atoms with E-state index < -0.39 is 11.9 Å². The fourth-order valence-electron chi connectivity index (χ4n) is 4.45. The van der Waals surface area contributed by atoms with Gasteiger partial charge in [0.1, 0.15) is 18.2 Å². The van der Waals surface area contributed by atoms with Crippen molar-refractivity contribution >= 4 is 29.1 Å². The first-order chi connectivity index (χ1) is 16.2. The smallest absolute Gasteiger partial charge is 0.239 e. The number of hydrogen-bond donors (Lipinski definition) is 1. The third-order valence-corrected chi connectivity index (χ3v) is 7.10. The largest absolute Gasteiger partial charge is 0.492 e. The molecule has 2 aromatic rings. The van der Waals surface area contributed by atoms with Gasteiger partial charge in [-0.05, 0) is 81.1 Å². The lowest BCUT2D eigenvalue weighted by atomic mass is 9.88. The van der Waals surface area contributed by atoms with Gasteiger partial charge in [-0.15, -0.1) is 0 Å². The third-order valence-electron chi connectivity index (χ3n) is 6.63. The molecule has 0 radical (unpaired) electrons. The molecule has 0 spiro atoms. The predicted molar refractivity (Wildman–Crippen MR) is 136 cm³/mol. The number of carbonyl (C=O) groups is 1. The third kappa shape index (κ3) is 6.85. The van der Waals surface area contributed by atoms with Crippen LogP contribution in [-0.2, 0) is 11.2 Å². The van der Waals surface area contributed by atoms with E-state index in [1.54, 1.807) is 17.0 Å². The number of likely N-dealkylation sites (N-methyl/N-ethyl adjacent to an activating group) is 1. The van der Waals surface area contributed by atoms with Gasteiger partial charge in [0.2, 0.25) is 5.91 Å². The van der Waals surface area contributed by atoms with Crippen molar-refractivity contribution in [3.8, 4) is 5.75 Å². The summed E-state index contributed by atoms with van der Waals surface area (Å²) in [5.41, 5.74) is 7.67. The number of amides is 1. The summed E-state index contributed by atoms with van der Waals surface area (Å²) in [5.74, 6) is 0.481. The maximum absolute atomic E-state index is 14.1. The van der Waals surface area contributed by atoms with Crippen molar-refractivity contribution in [2.24, 2.45) is 5.73 Å². The van der Waals surface area contributed by atoms with Crippen molar-refractivity contribution in [3.63, 3.8) is 0 Å². The average molecular weight is 510 g/mol. The fraction of sp³-hybridized carbons (Fsp3) is 0.500. The van der Waals surface area contributed by atoms with E-state index >= 15 is 0 Å². The van der Waals surface area contributed by atoms with Crippen LogP contribution in [-0.4, -0.2) is 61.6 Å². The highest BCUT2D eigenvalue weighted by atomic mass is 35.5. The van der Waals surface area contributed by atoms with Crippen LogP contribution in [0.4, 0.5) is 4.39 Å². The van der Waals surface area contributed by atoms with Crippen LogP contribution in [0.15, 0.2) is 36.4 Å². The van der Waals surface area contributed by atoms with E-state index in [4.69, 9.17) is 33.7 Å². The maximum atomic E-state index is 14.1. The van der Waals surface area contributed by atoms with E-state index in [0.717, 1.165) is 30.6 Å². The minimum Gasteiger partial charge on any atom is -0.492 e. The molecule has 8 heteroatoms. The summed E-state index contributed by atoms with van der Waals surface area (Å²) in [4.78, 5) is 16.9. The first-order valence-electron chi connectivity index (χ1n) is 11.8. The molecule has 5 nitrogen and oxygen atoms in total. The second-order valence-electron chi connectivity index (χ2n) is 9.16. The zero-order valence-corrected chi connectivity index (χ0v) is 21.6. The summed E-state index contributed by atoms with van der Waals surface area (Å²) in [6.07, 6.45) is 2.73. The number of likely N-dealkylation sites (tertiary alicyclic amines) is 1. The molecular formula is C26H34Cl2FN3O2. The van der Waals surface area contributed by atoms with Crippen LogP contribution in [0.5, 0.6) is 5.75 Å². The standard InChI is InChI=1S/C26H34Cl2FN3O2/c1-4-21(31(2)3)16-34-25-15-20(28)7-8-22(25)17-9-11-32(12-10-17)26(33)24(30)13-18-5-6-19(27)14-23(18)29/h5-8,14-15,17,21,24H,4,9-13,16,30H2,1-3H3/t21?,24-/m1/s1. The van der Waals surface area contributed by atoms with Gasteiger partial charge >= 0.3 is 0 Å². The molecule has 1 heterocycles. The lowest BCUT2D eigenvalue weighted by Crippen LogP contribution is -2.47. The van der Waals surface area contributed by atoms with E-state index in [-0.39, 0.29) is 18.2 Å². The van der Waals surface area contributed by atoms with Gasteiger partial charge in [-0.3, -0.25) is 4.79 Å². The number of piperidine rings is 1. The zero-order chi connectivity index (χ0) is 24.8. The molecule has 0 bridgehead atoms. The van der Waals surface area contributed by atoms with Crippen molar-refractivity contribution in [2.45, 2.75) is 50.6 Å². The summed E-state index contributed by atoms with van der Waals surface area (Å²) >= 11 is 12.1. The van der Waals surface area contributed by atoms with Crippen LogP contribution >= 0.6 is 23.2 Å². The van der Waals surface area contributed by atoms with Gasteiger partial charge in [0, 0.05) is 29.2 Å². The summed E-state index contributed by atoms with van der Waals surface area (Å²) in [7, 11) is 4.10. The Morgan fingerprint density at radius 2 is 1.82 bits per heavy atom. The van der Waals surface area contributed by atoms with Gasteiger partial charge in [0.25, 0.3) is 0 Å². The lowest BCUT2D eigenvalue weighted by Gasteiger charge is -2.34. The summed E-state index contributed by atoms with van der Waals surface area (Å²) in [6.45, 7) is 3.92. The van der Waals surface area contributed by atoms with Crippen LogP contribution in [0.25, 0.3) is 0 Å². The maximum Gasteiger partial charge on any atom is 0.239 e. The van der Waals surface area contributed by atoms with Gasteiger partial charge in [0.05, 0.1) is 6.04 Å². The van der Waals surface area contributed by atoms with Crippen molar-refractivity contribution in [1.29, 1.82) is 0 Å². The van der Waals surface area contributed by atoms with Gasteiger partial charge in [0.15, 0.2) is 0 Å². The minimum atomic E-state index is -0.793. The Kier molecular flexibility index (Phi) is 9.60. The van der Waals surface area contributed by atoms with Gasteiger partial charge in [-0.25, -0.2) is 4.39 Å². The van der Waals surface area contributed by atoms with E-state index in [9.17, 15) is 9.18 Å². The molecule has 1 saturated heterocycles. The molecule has 34 heavy (non-hydrogen) atoms. The Morgan fingerprint density at radius 1 is 1.18 bits per heavy atom. The second-order valence-corrected chi connectivity index (χ2v) is 10.0. The molecule has 2 N–H and O–H groups in total. The normalized spacial score (nSPS) is 16.5. The Balaban J connectivity index is 1.61. The molecule has 1 amide bonds. The topological polar surface area (TPSA) is 58.8 Å². The summed E-state index contributed by atoms with van der Waals surface area (Å²) in [5, 5.41) is 0.963. The molecule has 2 aromatic carbocycles. The number of nitrogens with zero attached hydrogens (tertiary/aromatic N) is 2. The van der Waals surface area contributed by atoms with E-state index in [0.29, 0.717) is 41.3 Å². The SMILES string of the molecule is CCC(COc1cc(Cl)ccc1C1CCN(C(=O)[C@H](N)Cc2ccc(Cl)cc2F)CC1)N(C)C. The van der Waals surface area contributed by atoms with Gasteiger partial charge in [-0.1, -0.05) is 42.3 Å². The van der Waals surface area contributed by atoms with Crippen molar-refractivity contribution in [1.82, 2.24) is 9.80 Å². The van der Waals surface area contributed by atoms with Crippen molar-refractivity contribution < 1.29 is 13.9 Å². The van der Waals surface area contributed by atoms with Gasteiger partial charge in [-0.2, -0.15) is 0 Å². The Labute approximate surface area is 211 Å². The number of nitrogens with two attached hydrogens (primary N) is 1. The minimum absolute atomic E-state index is 0.140. The Hall–Kier alpha value is -1.86. The monoisotopic (exact) mass is 509 g/mol. The molecule has 0 aromatic heterocycles. The first kappa shape index (κ1) is 26.7. The molecule has 1 unspecified atom stereocenters. The number of halogens is 3. The molecule has 0 aliphatic carbocycles. The lowest BCUT2D eigenvalue weighted by molar-refractivity contribution is -0.133. The number of hydrogen-bond acceptors (Lipinski definition) is 4. The highest BCUT2D eigenvalue weighted by Crippen LogP contribution is 2.36. The predicted octanol–water partition coefficient (Wildman–Crippen LogP) is 5.13. The van der Waals surface area contributed by atoms with Crippen LogP contribution in [0.1, 0.15) is 43.2 Å². The van der Waals surface area contributed by atoms with Crippen LogP contribution < -0.4 is 10.5 Å². The van der Waals surface area contributed by atoms with Crippen LogP contribution in [0.3, 0.4) is 0 Å². The summed E-state index contributed by atoms with van der Waals surface area (Å²) < 4.78 is 20.3. The number of carbonyl (C=O) groups excluding carboxylic acids is 1. The zero-order valence-electron chi connectivity index (χ0n) is 20.1.